The summed E-state index contributed by atoms with van der Waals surface area (Å²) in [6.07, 6.45) is 3.98. The molecule has 2 aromatic rings. The van der Waals surface area contributed by atoms with Gasteiger partial charge in [0.15, 0.2) is 0 Å². The zero-order valence-electron chi connectivity index (χ0n) is 12.4. The molecule has 2 heterocycles. The Morgan fingerprint density at radius 3 is 2.90 bits per heavy atom. The molecule has 4 nitrogen and oxygen atoms in total. The van der Waals surface area contributed by atoms with Crippen LogP contribution in [0.2, 0.25) is 0 Å². The largest absolute Gasteiger partial charge is 0.352 e. The molecular formula is C17H21N3O. The Kier molecular flexibility index (Phi) is 4.15. The van der Waals surface area contributed by atoms with Crippen molar-refractivity contribution in [2.45, 2.75) is 12.8 Å². The number of aromatic nitrogens is 1. The van der Waals surface area contributed by atoms with E-state index in [9.17, 15) is 4.79 Å². The van der Waals surface area contributed by atoms with E-state index in [2.05, 4.69) is 22.2 Å². The lowest BCUT2D eigenvalue weighted by atomic mass is 9.97. The fourth-order valence-corrected chi connectivity index (χ4v) is 2.80. The lowest BCUT2D eigenvalue weighted by Gasteiger charge is -2.28. The van der Waals surface area contributed by atoms with E-state index in [0.717, 1.165) is 43.4 Å². The van der Waals surface area contributed by atoms with Crippen LogP contribution < -0.4 is 5.32 Å². The summed E-state index contributed by atoms with van der Waals surface area (Å²) >= 11 is 0. The third-order valence-corrected chi connectivity index (χ3v) is 4.24. The Bertz CT molecular complexity index is 633. The quantitative estimate of drug-likeness (QED) is 0.940. The summed E-state index contributed by atoms with van der Waals surface area (Å²) in [6.45, 7) is 3.01. The van der Waals surface area contributed by atoms with Crippen LogP contribution in [0.15, 0.2) is 36.5 Å². The Labute approximate surface area is 125 Å². The minimum absolute atomic E-state index is 0.0211. The van der Waals surface area contributed by atoms with Gasteiger partial charge in [-0.25, -0.2) is 0 Å². The average Bonchev–Trinajstić information content (AvgIpc) is 2.53. The molecule has 4 heteroatoms. The molecule has 21 heavy (non-hydrogen) atoms. The predicted octanol–water partition coefficient (Wildman–Crippen LogP) is 2.31. The van der Waals surface area contributed by atoms with Gasteiger partial charge in [0.1, 0.15) is 0 Å². The number of benzene rings is 1. The monoisotopic (exact) mass is 283 g/mol. The number of likely N-dealkylation sites (tertiary alicyclic amines) is 1. The van der Waals surface area contributed by atoms with E-state index in [-0.39, 0.29) is 5.91 Å². The molecule has 1 fully saturated rings. The first-order chi connectivity index (χ1) is 10.2. The van der Waals surface area contributed by atoms with Crippen molar-refractivity contribution in [2.75, 3.05) is 26.7 Å². The Morgan fingerprint density at radius 1 is 1.33 bits per heavy atom. The van der Waals surface area contributed by atoms with E-state index >= 15 is 0 Å². The number of nitrogens with one attached hydrogen (secondary N) is 1. The number of para-hydroxylation sites is 1. The van der Waals surface area contributed by atoms with Crippen LogP contribution in [0.3, 0.4) is 0 Å². The summed E-state index contributed by atoms with van der Waals surface area (Å²) in [5.74, 6) is 0.575. The van der Waals surface area contributed by atoms with Crippen molar-refractivity contribution in [3.8, 4) is 0 Å². The molecule has 1 aromatic heterocycles. The molecule has 0 bridgehead atoms. The maximum atomic E-state index is 12.2. The number of carbonyl (C=O) groups excluding carboxylic acids is 1. The molecule has 0 aliphatic carbocycles. The third kappa shape index (κ3) is 3.39. The van der Waals surface area contributed by atoms with Gasteiger partial charge in [-0.2, -0.15) is 0 Å². The van der Waals surface area contributed by atoms with Crippen LogP contribution in [0.5, 0.6) is 0 Å². The molecule has 0 saturated carbocycles. The van der Waals surface area contributed by atoms with E-state index < -0.39 is 0 Å². The minimum atomic E-state index is -0.0211. The van der Waals surface area contributed by atoms with Crippen molar-refractivity contribution in [1.82, 2.24) is 15.2 Å². The van der Waals surface area contributed by atoms with Crippen LogP contribution in [-0.2, 0) is 0 Å². The molecule has 110 valence electrons. The highest BCUT2D eigenvalue weighted by Gasteiger charge is 2.17. The average molecular weight is 283 g/mol. The molecule has 0 radical (unpaired) electrons. The summed E-state index contributed by atoms with van der Waals surface area (Å²) in [5.41, 5.74) is 1.56. The highest BCUT2D eigenvalue weighted by atomic mass is 16.1. The minimum Gasteiger partial charge on any atom is -0.352 e. The molecule has 0 spiro atoms. The van der Waals surface area contributed by atoms with Crippen LogP contribution in [-0.4, -0.2) is 42.5 Å². The van der Waals surface area contributed by atoms with E-state index in [0.29, 0.717) is 11.5 Å². The van der Waals surface area contributed by atoms with E-state index in [1.807, 2.05) is 30.3 Å². The van der Waals surface area contributed by atoms with Crippen molar-refractivity contribution in [3.63, 3.8) is 0 Å². The maximum Gasteiger partial charge on any atom is 0.252 e. The number of amides is 1. The van der Waals surface area contributed by atoms with Crippen LogP contribution in [0.4, 0.5) is 0 Å². The van der Waals surface area contributed by atoms with Gasteiger partial charge >= 0.3 is 0 Å². The molecule has 1 aliphatic rings. The van der Waals surface area contributed by atoms with E-state index in [4.69, 9.17) is 0 Å². The van der Waals surface area contributed by atoms with Crippen molar-refractivity contribution in [1.29, 1.82) is 0 Å². The smallest absolute Gasteiger partial charge is 0.252 e. The molecule has 1 amide bonds. The lowest BCUT2D eigenvalue weighted by molar-refractivity contribution is 0.0939. The molecular weight excluding hydrogens is 262 g/mol. The van der Waals surface area contributed by atoms with Crippen LogP contribution in [0.1, 0.15) is 23.2 Å². The number of nitrogens with zero attached hydrogens (tertiary/aromatic N) is 2. The Hall–Kier alpha value is -1.94. The van der Waals surface area contributed by atoms with Gasteiger partial charge in [0.2, 0.25) is 0 Å². The van der Waals surface area contributed by atoms with Gasteiger partial charge in [-0.1, -0.05) is 18.2 Å². The lowest BCUT2D eigenvalue weighted by Crippen LogP contribution is -2.36. The SMILES string of the molecule is CN1CCC(CNC(=O)c2cnc3ccccc3c2)CC1. The fourth-order valence-electron chi connectivity index (χ4n) is 2.80. The van der Waals surface area contributed by atoms with Gasteiger partial charge in [-0.15, -0.1) is 0 Å². The Balaban J connectivity index is 1.61. The van der Waals surface area contributed by atoms with Gasteiger partial charge < -0.3 is 10.2 Å². The third-order valence-electron chi connectivity index (χ3n) is 4.24. The number of hydrogen-bond acceptors (Lipinski definition) is 3. The zero-order chi connectivity index (χ0) is 14.7. The maximum absolute atomic E-state index is 12.2. The zero-order valence-corrected chi connectivity index (χ0v) is 12.4. The normalized spacial score (nSPS) is 17.0. The van der Waals surface area contributed by atoms with Crippen LogP contribution in [0.25, 0.3) is 10.9 Å². The van der Waals surface area contributed by atoms with Crippen LogP contribution >= 0.6 is 0 Å². The van der Waals surface area contributed by atoms with E-state index in [1.165, 1.54) is 0 Å². The number of hydrogen-bond donors (Lipinski definition) is 1. The molecule has 0 unspecified atom stereocenters. The van der Waals surface area contributed by atoms with Crippen molar-refractivity contribution in [3.05, 3.63) is 42.1 Å². The summed E-state index contributed by atoms with van der Waals surface area (Å²) in [7, 11) is 2.15. The first-order valence-electron chi connectivity index (χ1n) is 7.54. The molecule has 1 N–H and O–H groups in total. The number of pyridine rings is 1. The molecule has 1 saturated heterocycles. The summed E-state index contributed by atoms with van der Waals surface area (Å²) in [5, 5.41) is 4.05. The number of piperidine rings is 1. The summed E-state index contributed by atoms with van der Waals surface area (Å²) in [4.78, 5) is 18.9. The van der Waals surface area contributed by atoms with Crippen molar-refractivity contribution in [2.24, 2.45) is 5.92 Å². The topological polar surface area (TPSA) is 45.2 Å². The number of rotatable bonds is 3. The second kappa shape index (κ2) is 6.22. The first-order valence-corrected chi connectivity index (χ1v) is 7.54. The van der Waals surface area contributed by atoms with Gasteiger partial charge in [-0.05, 0) is 51.0 Å². The first kappa shape index (κ1) is 14.0. The second-order valence-corrected chi connectivity index (χ2v) is 5.87. The van der Waals surface area contributed by atoms with Gasteiger partial charge in [0.25, 0.3) is 5.91 Å². The molecule has 1 aliphatic heterocycles. The molecule has 0 atom stereocenters. The molecule has 3 rings (SSSR count). The van der Waals surface area contributed by atoms with E-state index in [1.54, 1.807) is 6.20 Å². The summed E-state index contributed by atoms with van der Waals surface area (Å²) < 4.78 is 0. The predicted molar refractivity (Wildman–Crippen MR) is 84.3 cm³/mol. The number of carbonyl (C=O) groups is 1. The van der Waals surface area contributed by atoms with Crippen LogP contribution in [0, 0.1) is 5.92 Å². The summed E-state index contributed by atoms with van der Waals surface area (Å²) in [6, 6.07) is 9.76. The molecule has 1 aromatic carbocycles. The standard InChI is InChI=1S/C17H21N3O/c1-20-8-6-13(7-9-20)11-19-17(21)15-10-14-4-2-3-5-16(14)18-12-15/h2-5,10,12-13H,6-9,11H2,1H3,(H,19,21). The second-order valence-electron chi connectivity index (χ2n) is 5.87. The fraction of sp³-hybridized carbons (Fsp3) is 0.412. The Morgan fingerprint density at radius 2 is 2.10 bits per heavy atom. The van der Waals surface area contributed by atoms with Crippen molar-refractivity contribution < 1.29 is 4.79 Å². The van der Waals surface area contributed by atoms with Gasteiger partial charge in [-0.3, -0.25) is 9.78 Å². The highest BCUT2D eigenvalue weighted by molar-refractivity contribution is 5.97. The van der Waals surface area contributed by atoms with Gasteiger partial charge in [0.05, 0.1) is 11.1 Å². The number of fused-ring (bicyclic) bond motifs is 1. The van der Waals surface area contributed by atoms with Crippen molar-refractivity contribution >= 4 is 16.8 Å². The highest BCUT2D eigenvalue weighted by Crippen LogP contribution is 2.16. The van der Waals surface area contributed by atoms with Gasteiger partial charge in [0, 0.05) is 18.1 Å².